The molecule has 0 atom stereocenters. The van der Waals surface area contributed by atoms with Crippen LogP contribution in [0.2, 0.25) is 0 Å². The molecule has 0 bridgehead atoms. The molecular formula is C26H41F5S. The Kier molecular flexibility index (Phi) is 22.0. The highest BCUT2D eigenvalue weighted by molar-refractivity contribution is 8.00. The molecule has 0 saturated heterocycles. The van der Waals surface area contributed by atoms with E-state index in [-0.39, 0.29) is 23.5 Å². The van der Waals surface area contributed by atoms with Crippen molar-refractivity contribution in [3.8, 4) is 0 Å². The summed E-state index contributed by atoms with van der Waals surface area (Å²) in [7, 11) is 0. The molecule has 1 aliphatic carbocycles. The van der Waals surface area contributed by atoms with E-state index in [1.807, 2.05) is 0 Å². The van der Waals surface area contributed by atoms with Crippen molar-refractivity contribution in [1.29, 1.82) is 0 Å². The van der Waals surface area contributed by atoms with Gasteiger partial charge < -0.3 is 0 Å². The maximum absolute atomic E-state index is 2.42. The highest BCUT2D eigenvalue weighted by Gasteiger charge is 2.22. The Bertz CT molecular complexity index is 643. The fourth-order valence-electron chi connectivity index (χ4n) is 4.27. The van der Waals surface area contributed by atoms with Gasteiger partial charge in [0.05, 0.1) is 0 Å². The normalized spacial score (nSPS) is 16.8. The fraction of sp³-hybridized carbons (Fsp3) is 0.538. The van der Waals surface area contributed by atoms with Crippen LogP contribution >= 0.6 is 11.8 Å². The first-order valence-electron chi connectivity index (χ1n) is 11.2. The van der Waals surface area contributed by atoms with E-state index in [0.29, 0.717) is 0 Å². The number of thioether (sulfide) groups is 1. The quantitative estimate of drug-likeness (QED) is 0.241. The van der Waals surface area contributed by atoms with Crippen molar-refractivity contribution in [1.82, 2.24) is 0 Å². The van der Waals surface area contributed by atoms with Gasteiger partial charge in [-0.2, -0.15) is 0 Å². The third kappa shape index (κ3) is 11.9. The van der Waals surface area contributed by atoms with E-state index in [4.69, 9.17) is 0 Å². The molecule has 186 valence electrons. The van der Waals surface area contributed by atoms with Crippen molar-refractivity contribution in [3.63, 3.8) is 0 Å². The average Bonchev–Trinajstić information content (AvgIpc) is 2.72. The molecule has 3 rings (SSSR count). The van der Waals surface area contributed by atoms with Gasteiger partial charge in [0.1, 0.15) is 0 Å². The van der Waals surface area contributed by atoms with Crippen molar-refractivity contribution >= 4 is 11.8 Å². The molecule has 0 heterocycles. The summed E-state index contributed by atoms with van der Waals surface area (Å²) in [5.41, 5.74) is 3.10. The Hall–Kier alpha value is -1.56. The Morgan fingerprint density at radius 2 is 1.22 bits per heavy atom. The Morgan fingerprint density at radius 1 is 0.656 bits per heavy atom. The number of aryl methyl sites for hydroxylation is 1. The predicted molar refractivity (Wildman–Crippen MR) is 133 cm³/mol. The highest BCUT2D eigenvalue weighted by Crippen LogP contribution is 2.39. The van der Waals surface area contributed by atoms with Crippen LogP contribution < -0.4 is 0 Å². The molecule has 2 aromatic carbocycles. The standard InChI is InChI=1S/C26H36S.5FH/c1-2-3-4-5-6-8-11-22-14-16-23(17-15-22)24-18-20-26(21-19-24)27-25-12-9-7-10-13-25;;;;;/h7,9-10,12-17,24,26H,2-6,8,11,18-21H2,1H3;5*1H. The van der Waals surface area contributed by atoms with Crippen LogP contribution in [-0.4, -0.2) is 5.25 Å². The summed E-state index contributed by atoms with van der Waals surface area (Å²) in [5.74, 6) is 0.778. The minimum Gasteiger partial charge on any atom is -0.269 e. The molecule has 32 heavy (non-hydrogen) atoms. The predicted octanol–water partition coefficient (Wildman–Crippen LogP) is 9.17. The minimum atomic E-state index is 0. The van der Waals surface area contributed by atoms with Gasteiger partial charge in [-0.1, -0.05) is 81.5 Å². The van der Waals surface area contributed by atoms with Gasteiger partial charge in [0.25, 0.3) is 0 Å². The van der Waals surface area contributed by atoms with Crippen LogP contribution in [0, 0.1) is 0 Å². The minimum absolute atomic E-state index is 0. The lowest BCUT2D eigenvalue weighted by atomic mass is 9.83. The molecule has 0 spiro atoms. The van der Waals surface area contributed by atoms with E-state index in [1.165, 1.54) is 81.1 Å². The largest absolute Gasteiger partial charge is 0.269 e. The molecule has 0 aromatic heterocycles. The second-order valence-electron chi connectivity index (χ2n) is 8.16. The average molecular weight is 481 g/mol. The maximum atomic E-state index is 2.42. The van der Waals surface area contributed by atoms with Crippen LogP contribution in [0.1, 0.15) is 88.2 Å². The summed E-state index contributed by atoms with van der Waals surface area (Å²) >= 11 is 2.08. The SMILES string of the molecule is CCCCCCCCc1ccc(C2CCC(Sc3ccccc3)CC2)cc1.F.F.F.F.F. The highest BCUT2D eigenvalue weighted by atomic mass is 32.2. The van der Waals surface area contributed by atoms with E-state index in [0.717, 1.165) is 11.2 Å². The Labute approximate surface area is 194 Å². The molecule has 1 saturated carbocycles. The lowest BCUT2D eigenvalue weighted by molar-refractivity contribution is 0.453. The van der Waals surface area contributed by atoms with E-state index in [2.05, 4.69) is 73.3 Å². The van der Waals surface area contributed by atoms with E-state index >= 15 is 0 Å². The van der Waals surface area contributed by atoms with Gasteiger partial charge in [-0.3, -0.25) is 23.5 Å². The fourth-order valence-corrected chi connectivity index (χ4v) is 5.48. The van der Waals surface area contributed by atoms with Crippen LogP contribution in [0.4, 0.5) is 23.5 Å². The number of hydrogen-bond donors (Lipinski definition) is 0. The summed E-state index contributed by atoms with van der Waals surface area (Å²) < 4.78 is 0. The number of halogens is 5. The van der Waals surface area contributed by atoms with Crippen LogP contribution in [-0.2, 0) is 6.42 Å². The summed E-state index contributed by atoms with van der Waals surface area (Å²) in [6.45, 7) is 2.29. The molecule has 1 fully saturated rings. The first kappa shape index (κ1) is 35.0. The molecule has 0 N–H and O–H groups in total. The summed E-state index contributed by atoms with van der Waals surface area (Å²) in [5, 5.41) is 0.802. The molecule has 0 aliphatic heterocycles. The smallest absolute Gasteiger partial charge is 0.00948 e. The van der Waals surface area contributed by atoms with Gasteiger partial charge in [0.15, 0.2) is 0 Å². The molecule has 6 heteroatoms. The lowest BCUT2D eigenvalue weighted by Gasteiger charge is -2.28. The molecule has 0 radical (unpaired) electrons. The van der Waals surface area contributed by atoms with Gasteiger partial charge in [-0.05, 0) is 67.7 Å². The van der Waals surface area contributed by atoms with Crippen LogP contribution in [0.15, 0.2) is 59.5 Å². The van der Waals surface area contributed by atoms with Crippen LogP contribution in [0.3, 0.4) is 0 Å². The Balaban J connectivity index is -0.00000168. The van der Waals surface area contributed by atoms with Crippen molar-refractivity contribution in [3.05, 3.63) is 65.7 Å². The summed E-state index contributed by atoms with van der Waals surface area (Å²) in [6, 6.07) is 20.5. The first-order chi connectivity index (χ1) is 13.3. The molecule has 2 aromatic rings. The van der Waals surface area contributed by atoms with Crippen molar-refractivity contribution in [2.75, 3.05) is 0 Å². The van der Waals surface area contributed by atoms with Gasteiger partial charge in [-0.15, -0.1) is 11.8 Å². The Morgan fingerprint density at radius 3 is 1.81 bits per heavy atom. The zero-order chi connectivity index (χ0) is 18.7. The second-order valence-corrected chi connectivity index (χ2v) is 9.54. The molecule has 0 unspecified atom stereocenters. The number of rotatable bonds is 10. The lowest BCUT2D eigenvalue weighted by Crippen LogP contribution is -2.15. The van der Waals surface area contributed by atoms with Gasteiger partial charge in [-0.25, -0.2) is 0 Å². The third-order valence-electron chi connectivity index (χ3n) is 5.99. The first-order valence-corrected chi connectivity index (χ1v) is 12.0. The topological polar surface area (TPSA) is 0 Å². The van der Waals surface area contributed by atoms with Crippen molar-refractivity contribution < 1.29 is 23.5 Å². The number of hydrogen-bond acceptors (Lipinski definition) is 1. The van der Waals surface area contributed by atoms with Gasteiger partial charge >= 0.3 is 0 Å². The monoisotopic (exact) mass is 480 g/mol. The molecule has 1 aliphatic rings. The maximum Gasteiger partial charge on any atom is 0.00948 e. The van der Waals surface area contributed by atoms with Crippen molar-refractivity contribution in [2.45, 2.75) is 93.6 Å². The van der Waals surface area contributed by atoms with Crippen molar-refractivity contribution in [2.24, 2.45) is 0 Å². The van der Waals surface area contributed by atoms with Gasteiger partial charge in [0, 0.05) is 10.1 Å². The molecular weight excluding hydrogens is 439 g/mol. The summed E-state index contributed by atoms with van der Waals surface area (Å²) in [6.07, 6.45) is 15.0. The third-order valence-corrected chi connectivity index (χ3v) is 7.34. The van der Waals surface area contributed by atoms with Crippen LogP contribution in [0.25, 0.3) is 0 Å². The van der Waals surface area contributed by atoms with Crippen LogP contribution in [0.5, 0.6) is 0 Å². The summed E-state index contributed by atoms with van der Waals surface area (Å²) in [4.78, 5) is 1.43. The van der Waals surface area contributed by atoms with E-state index in [1.54, 1.807) is 5.56 Å². The van der Waals surface area contributed by atoms with E-state index < -0.39 is 0 Å². The molecule has 0 amide bonds. The second kappa shape index (κ2) is 20.1. The molecule has 0 nitrogen and oxygen atoms in total. The van der Waals surface area contributed by atoms with Gasteiger partial charge in [0.2, 0.25) is 0 Å². The number of unbranched alkanes of at least 4 members (excludes halogenated alkanes) is 5. The zero-order valence-electron chi connectivity index (χ0n) is 19.1. The van der Waals surface area contributed by atoms with E-state index in [9.17, 15) is 0 Å². The zero-order valence-corrected chi connectivity index (χ0v) is 19.9. The number of benzene rings is 2.